The van der Waals surface area contributed by atoms with E-state index in [0.29, 0.717) is 17.4 Å². The Balaban J connectivity index is 2.30. The Morgan fingerprint density at radius 2 is 2.17 bits per heavy atom. The summed E-state index contributed by atoms with van der Waals surface area (Å²) >= 11 is 1.37. The van der Waals surface area contributed by atoms with Crippen LogP contribution in [0.25, 0.3) is 0 Å². The molecule has 1 saturated heterocycles. The smallest absolute Gasteiger partial charge is 0.252 e. The van der Waals surface area contributed by atoms with Gasteiger partial charge in [-0.15, -0.1) is 11.3 Å². The zero-order chi connectivity index (χ0) is 13.3. The van der Waals surface area contributed by atoms with Crippen molar-refractivity contribution in [2.75, 3.05) is 13.2 Å². The summed E-state index contributed by atoms with van der Waals surface area (Å²) in [5, 5.41) is 0. The van der Waals surface area contributed by atoms with Crippen molar-refractivity contribution in [3.63, 3.8) is 0 Å². The predicted octanol–water partition coefficient (Wildman–Crippen LogP) is 2.11. The minimum Gasteiger partial charge on any atom is -0.375 e. The quantitative estimate of drug-likeness (QED) is 0.856. The third-order valence-electron chi connectivity index (χ3n) is 3.37. The van der Waals surface area contributed by atoms with Crippen LogP contribution in [0.5, 0.6) is 0 Å². The molecule has 1 fully saturated rings. The molecule has 1 aliphatic heterocycles. The lowest BCUT2D eigenvalue weighted by Crippen LogP contribution is -2.50. The normalized spacial score (nSPS) is 26.4. The zero-order valence-electron chi connectivity index (χ0n) is 10.9. The third kappa shape index (κ3) is 2.47. The van der Waals surface area contributed by atoms with Crippen molar-refractivity contribution in [2.45, 2.75) is 43.5 Å². The van der Waals surface area contributed by atoms with Gasteiger partial charge in [-0.3, -0.25) is 0 Å². The molecule has 1 aromatic rings. The van der Waals surface area contributed by atoms with Crippen LogP contribution in [0.2, 0.25) is 0 Å². The van der Waals surface area contributed by atoms with Gasteiger partial charge in [-0.25, -0.2) is 8.42 Å². The SMILES string of the molecule is CCc1ccc(S(=O)(=O)N2CCOC(C)C2C)s1. The number of rotatable bonds is 3. The van der Waals surface area contributed by atoms with E-state index >= 15 is 0 Å². The fourth-order valence-electron chi connectivity index (χ4n) is 2.05. The number of aryl methyl sites for hydroxylation is 1. The molecule has 0 aromatic carbocycles. The van der Waals surface area contributed by atoms with Gasteiger partial charge in [0, 0.05) is 17.5 Å². The van der Waals surface area contributed by atoms with Gasteiger partial charge in [0.25, 0.3) is 10.0 Å². The van der Waals surface area contributed by atoms with Crippen LogP contribution in [0.15, 0.2) is 16.3 Å². The molecule has 0 bridgehead atoms. The second-order valence-corrected chi connectivity index (χ2v) is 7.79. The van der Waals surface area contributed by atoms with Gasteiger partial charge in [0.1, 0.15) is 4.21 Å². The fraction of sp³-hybridized carbons (Fsp3) is 0.667. The monoisotopic (exact) mass is 289 g/mol. The Morgan fingerprint density at radius 1 is 1.44 bits per heavy atom. The molecule has 2 rings (SSSR count). The Bertz CT molecular complexity index is 509. The van der Waals surface area contributed by atoms with Crippen LogP contribution in [-0.2, 0) is 21.2 Å². The summed E-state index contributed by atoms with van der Waals surface area (Å²) in [6.45, 7) is 6.75. The summed E-state index contributed by atoms with van der Waals surface area (Å²) in [4.78, 5) is 1.10. The van der Waals surface area contributed by atoms with Crippen LogP contribution >= 0.6 is 11.3 Å². The van der Waals surface area contributed by atoms with Crippen molar-refractivity contribution in [3.8, 4) is 0 Å². The minimum absolute atomic E-state index is 0.0564. The van der Waals surface area contributed by atoms with Gasteiger partial charge in [-0.2, -0.15) is 4.31 Å². The van der Waals surface area contributed by atoms with Crippen molar-refractivity contribution >= 4 is 21.4 Å². The van der Waals surface area contributed by atoms with Gasteiger partial charge in [-0.1, -0.05) is 6.92 Å². The lowest BCUT2D eigenvalue weighted by Gasteiger charge is -2.36. The summed E-state index contributed by atoms with van der Waals surface area (Å²) < 4.78 is 32.6. The van der Waals surface area contributed by atoms with E-state index < -0.39 is 10.0 Å². The maximum Gasteiger partial charge on any atom is 0.252 e. The summed E-state index contributed by atoms with van der Waals surface area (Å²) in [6.07, 6.45) is 0.814. The minimum atomic E-state index is -3.36. The lowest BCUT2D eigenvalue weighted by molar-refractivity contribution is -0.0231. The highest BCUT2D eigenvalue weighted by atomic mass is 32.2. The number of nitrogens with zero attached hydrogens (tertiary/aromatic N) is 1. The first-order chi connectivity index (χ1) is 8.46. The van der Waals surface area contributed by atoms with Crippen molar-refractivity contribution < 1.29 is 13.2 Å². The Hall–Kier alpha value is -0.430. The molecule has 6 heteroatoms. The Kier molecular flexibility index (Phi) is 4.11. The van der Waals surface area contributed by atoms with Crippen LogP contribution < -0.4 is 0 Å². The number of ether oxygens (including phenoxy) is 1. The molecule has 2 unspecified atom stereocenters. The first-order valence-electron chi connectivity index (χ1n) is 6.19. The molecule has 0 amide bonds. The van der Waals surface area contributed by atoms with E-state index in [-0.39, 0.29) is 12.1 Å². The van der Waals surface area contributed by atoms with Gasteiger partial charge in [0.2, 0.25) is 0 Å². The van der Waals surface area contributed by atoms with E-state index in [1.165, 1.54) is 11.3 Å². The van der Waals surface area contributed by atoms with Crippen LogP contribution in [0, 0.1) is 0 Å². The van der Waals surface area contributed by atoms with E-state index in [0.717, 1.165) is 11.3 Å². The maximum atomic E-state index is 12.6. The van der Waals surface area contributed by atoms with Crippen molar-refractivity contribution in [2.24, 2.45) is 0 Å². The van der Waals surface area contributed by atoms with E-state index in [2.05, 4.69) is 0 Å². The second kappa shape index (κ2) is 5.28. The zero-order valence-corrected chi connectivity index (χ0v) is 12.6. The second-order valence-electron chi connectivity index (χ2n) is 4.51. The highest BCUT2D eigenvalue weighted by Crippen LogP contribution is 2.28. The van der Waals surface area contributed by atoms with Crippen molar-refractivity contribution in [1.29, 1.82) is 0 Å². The Morgan fingerprint density at radius 3 is 2.78 bits per heavy atom. The topological polar surface area (TPSA) is 46.6 Å². The highest BCUT2D eigenvalue weighted by Gasteiger charge is 2.35. The lowest BCUT2D eigenvalue weighted by atomic mass is 10.2. The molecule has 1 aromatic heterocycles. The molecule has 0 saturated carbocycles. The fourth-order valence-corrected chi connectivity index (χ4v) is 5.15. The predicted molar refractivity (Wildman–Crippen MR) is 72.5 cm³/mol. The number of thiophene rings is 1. The molecule has 2 atom stereocenters. The summed E-state index contributed by atoms with van der Waals surface area (Å²) in [6, 6.07) is 3.49. The molecule has 0 spiro atoms. The summed E-state index contributed by atoms with van der Waals surface area (Å²) in [5.41, 5.74) is 0. The summed E-state index contributed by atoms with van der Waals surface area (Å²) in [5.74, 6) is 0. The third-order valence-corrected chi connectivity index (χ3v) is 7.06. The Labute approximate surface area is 113 Å². The molecular weight excluding hydrogens is 270 g/mol. The molecule has 4 nitrogen and oxygen atoms in total. The molecule has 0 aliphatic carbocycles. The first kappa shape index (κ1) is 14.0. The van der Waals surface area contributed by atoms with E-state index in [1.807, 2.05) is 26.8 Å². The molecule has 0 radical (unpaired) electrons. The van der Waals surface area contributed by atoms with Gasteiger partial charge in [0.15, 0.2) is 0 Å². The number of morpholine rings is 1. The molecule has 2 heterocycles. The number of hydrogen-bond donors (Lipinski definition) is 0. The van der Waals surface area contributed by atoms with Crippen LogP contribution in [0.3, 0.4) is 0 Å². The van der Waals surface area contributed by atoms with Gasteiger partial charge in [0.05, 0.1) is 12.7 Å². The van der Waals surface area contributed by atoms with E-state index in [1.54, 1.807) is 10.4 Å². The number of sulfonamides is 1. The molecule has 18 heavy (non-hydrogen) atoms. The van der Waals surface area contributed by atoms with Gasteiger partial charge < -0.3 is 4.74 Å². The molecule has 102 valence electrons. The first-order valence-corrected chi connectivity index (χ1v) is 8.44. The highest BCUT2D eigenvalue weighted by molar-refractivity contribution is 7.91. The standard InChI is InChI=1S/C12H19NO3S2/c1-4-11-5-6-12(17-11)18(14,15)13-7-8-16-10(3)9(13)2/h5-6,9-10H,4,7-8H2,1-3H3. The van der Waals surface area contributed by atoms with Crippen LogP contribution in [0.4, 0.5) is 0 Å². The largest absolute Gasteiger partial charge is 0.375 e. The average molecular weight is 289 g/mol. The summed E-state index contributed by atoms with van der Waals surface area (Å²) in [7, 11) is -3.36. The van der Waals surface area contributed by atoms with Crippen molar-refractivity contribution in [1.82, 2.24) is 4.31 Å². The van der Waals surface area contributed by atoms with Crippen LogP contribution in [-0.4, -0.2) is 38.0 Å². The average Bonchev–Trinajstić information content (AvgIpc) is 2.81. The van der Waals surface area contributed by atoms with Gasteiger partial charge in [-0.05, 0) is 32.4 Å². The molecule has 0 N–H and O–H groups in total. The molecular formula is C12H19NO3S2. The van der Waals surface area contributed by atoms with E-state index in [9.17, 15) is 8.42 Å². The maximum absolute atomic E-state index is 12.6. The number of hydrogen-bond acceptors (Lipinski definition) is 4. The van der Waals surface area contributed by atoms with Crippen LogP contribution in [0.1, 0.15) is 25.6 Å². The van der Waals surface area contributed by atoms with Crippen molar-refractivity contribution in [3.05, 3.63) is 17.0 Å². The van der Waals surface area contributed by atoms with E-state index in [4.69, 9.17) is 4.74 Å². The van der Waals surface area contributed by atoms with Gasteiger partial charge >= 0.3 is 0 Å². The molecule has 1 aliphatic rings.